The van der Waals surface area contributed by atoms with Crippen LogP contribution >= 0.6 is 0 Å². The largest absolute Gasteiger partial charge is 0.441 e. The molecule has 2 aromatic rings. The number of morpholine rings is 1. The summed E-state index contributed by atoms with van der Waals surface area (Å²) in [6.45, 7) is 4.05. The summed E-state index contributed by atoms with van der Waals surface area (Å²) in [6, 6.07) is 5.36. The van der Waals surface area contributed by atoms with E-state index in [2.05, 4.69) is 10.3 Å². The minimum absolute atomic E-state index is 0.0315. The first kappa shape index (κ1) is 12.3. The third kappa shape index (κ3) is 2.67. The molecule has 0 radical (unpaired) electrons. The lowest BCUT2D eigenvalue weighted by Gasteiger charge is -2.22. The maximum Gasteiger partial charge on any atom is 0.192 e. The van der Waals surface area contributed by atoms with Crippen molar-refractivity contribution in [3.05, 3.63) is 29.7 Å². The van der Waals surface area contributed by atoms with Crippen LogP contribution in [0.3, 0.4) is 0 Å². The van der Waals surface area contributed by atoms with Crippen LogP contribution in [0.2, 0.25) is 0 Å². The Morgan fingerprint density at radius 2 is 2.42 bits per heavy atom. The Balaban J connectivity index is 1.76. The fourth-order valence-corrected chi connectivity index (χ4v) is 2.29. The third-order valence-electron chi connectivity index (χ3n) is 3.23. The molecule has 1 N–H and O–H groups in total. The summed E-state index contributed by atoms with van der Waals surface area (Å²) in [5, 5.41) is 3.22. The molecule has 0 aliphatic carbocycles. The number of ether oxygens (including phenoxy) is 1. The topological polar surface area (TPSA) is 64.4 Å². The Morgan fingerprint density at radius 3 is 3.21 bits per heavy atom. The highest BCUT2D eigenvalue weighted by Crippen LogP contribution is 2.18. The van der Waals surface area contributed by atoms with E-state index >= 15 is 0 Å². The highest BCUT2D eigenvalue weighted by molar-refractivity contribution is 5.98. The summed E-state index contributed by atoms with van der Waals surface area (Å²) in [5.74, 6) is 0.690. The van der Waals surface area contributed by atoms with Crippen LogP contribution in [0.5, 0.6) is 0 Å². The molecule has 100 valence electrons. The summed E-state index contributed by atoms with van der Waals surface area (Å²) >= 11 is 0. The van der Waals surface area contributed by atoms with Gasteiger partial charge in [-0.25, -0.2) is 4.98 Å². The van der Waals surface area contributed by atoms with Gasteiger partial charge < -0.3 is 14.5 Å². The molecular formula is C14H16N2O3. The number of Topliss-reactive ketones (excluding diaryl/α,β-unsaturated/α-hetero) is 1. The van der Waals surface area contributed by atoms with Crippen molar-refractivity contribution < 1.29 is 13.9 Å². The van der Waals surface area contributed by atoms with E-state index in [1.54, 1.807) is 25.1 Å². The first-order chi connectivity index (χ1) is 9.22. The Hall–Kier alpha value is -1.72. The summed E-state index contributed by atoms with van der Waals surface area (Å²) in [5.41, 5.74) is 2.10. The molecular weight excluding hydrogens is 244 g/mol. The molecule has 19 heavy (non-hydrogen) atoms. The zero-order valence-electron chi connectivity index (χ0n) is 10.8. The predicted octanol–water partition coefficient (Wildman–Crippen LogP) is 1.70. The molecule has 0 saturated carbocycles. The number of rotatable bonds is 3. The number of benzene rings is 1. The lowest BCUT2D eigenvalue weighted by atomic mass is 10.0. The smallest absolute Gasteiger partial charge is 0.192 e. The second-order valence-electron chi connectivity index (χ2n) is 4.74. The number of nitrogens with one attached hydrogen (secondary N) is 1. The van der Waals surface area contributed by atoms with E-state index in [-0.39, 0.29) is 11.9 Å². The molecule has 1 atom stereocenters. The van der Waals surface area contributed by atoms with Crippen molar-refractivity contribution in [2.75, 3.05) is 19.7 Å². The lowest BCUT2D eigenvalue weighted by molar-refractivity contribution is 0.0240. The molecule has 1 fully saturated rings. The van der Waals surface area contributed by atoms with Gasteiger partial charge in [-0.05, 0) is 18.2 Å². The zero-order chi connectivity index (χ0) is 13.2. The second-order valence-corrected chi connectivity index (χ2v) is 4.74. The maximum absolute atomic E-state index is 12.2. The van der Waals surface area contributed by atoms with Gasteiger partial charge in [0.2, 0.25) is 0 Å². The van der Waals surface area contributed by atoms with E-state index in [1.807, 2.05) is 0 Å². The highest BCUT2D eigenvalue weighted by Gasteiger charge is 2.19. The number of nitrogens with zero attached hydrogens (tertiary/aromatic N) is 1. The average molecular weight is 260 g/mol. The minimum atomic E-state index is -0.0315. The maximum atomic E-state index is 12.2. The Bertz CT molecular complexity index is 600. The van der Waals surface area contributed by atoms with Gasteiger partial charge in [0.05, 0.1) is 12.7 Å². The van der Waals surface area contributed by atoms with E-state index in [4.69, 9.17) is 9.15 Å². The van der Waals surface area contributed by atoms with Crippen molar-refractivity contribution in [1.29, 1.82) is 0 Å². The molecule has 3 rings (SSSR count). The molecule has 1 unspecified atom stereocenters. The molecule has 5 heteroatoms. The summed E-state index contributed by atoms with van der Waals surface area (Å²) < 4.78 is 10.9. The SMILES string of the molecule is Cc1nc2cc(C(=O)CC3CNCCO3)ccc2o1. The van der Waals surface area contributed by atoms with E-state index in [0.29, 0.717) is 30.1 Å². The average Bonchev–Trinajstić information content (AvgIpc) is 2.78. The van der Waals surface area contributed by atoms with Gasteiger partial charge in [0.15, 0.2) is 17.3 Å². The molecule has 0 amide bonds. The highest BCUT2D eigenvalue weighted by atomic mass is 16.5. The Morgan fingerprint density at radius 1 is 1.53 bits per heavy atom. The quantitative estimate of drug-likeness (QED) is 0.851. The third-order valence-corrected chi connectivity index (χ3v) is 3.23. The summed E-state index contributed by atoms with van der Waals surface area (Å²) in [7, 11) is 0. The van der Waals surface area contributed by atoms with Crippen molar-refractivity contribution in [2.24, 2.45) is 0 Å². The Kier molecular flexibility index (Phi) is 3.31. The molecule has 1 aliphatic rings. The molecule has 2 heterocycles. The molecule has 1 aromatic carbocycles. The number of carbonyl (C=O) groups is 1. The summed E-state index contributed by atoms with van der Waals surface area (Å²) in [4.78, 5) is 16.4. The molecule has 5 nitrogen and oxygen atoms in total. The van der Waals surface area contributed by atoms with Gasteiger partial charge in [-0.15, -0.1) is 0 Å². The molecule has 1 aliphatic heterocycles. The van der Waals surface area contributed by atoms with Gasteiger partial charge in [-0.2, -0.15) is 0 Å². The van der Waals surface area contributed by atoms with Crippen LogP contribution in [0.4, 0.5) is 0 Å². The van der Waals surface area contributed by atoms with Crippen LogP contribution < -0.4 is 5.32 Å². The van der Waals surface area contributed by atoms with Gasteiger partial charge >= 0.3 is 0 Å². The van der Waals surface area contributed by atoms with Crippen LogP contribution in [0, 0.1) is 6.92 Å². The number of hydrogen-bond acceptors (Lipinski definition) is 5. The van der Waals surface area contributed by atoms with E-state index in [0.717, 1.165) is 18.6 Å². The van der Waals surface area contributed by atoms with Crippen LogP contribution in [0.15, 0.2) is 22.6 Å². The fraction of sp³-hybridized carbons (Fsp3) is 0.429. The van der Waals surface area contributed by atoms with Crippen LogP contribution in [-0.4, -0.2) is 36.6 Å². The fourth-order valence-electron chi connectivity index (χ4n) is 2.29. The van der Waals surface area contributed by atoms with Gasteiger partial charge in [-0.3, -0.25) is 4.79 Å². The lowest BCUT2D eigenvalue weighted by Crippen LogP contribution is -2.39. The number of carbonyl (C=O) groups excluding carboxylic acids is 1. The van der Waals surface area contributed by atoms with Gasteiger partial charge in [0.25, 0.3) is 0 Å². The minimum Gasteiger partial charge on any atom is -0.441 e. The zero-order valence-corrected chi connectivity index (χ0v) is 10.8. The van der Waals surface area contributed by atoms with Crippen molar-refractivity contribution in [3.8, 4) is 0 Å². The Labute approximate surface area is 111 Å². The van der Waals surface area contributed by atoms with E-state index < -0.39 is 0 Å². The van der Waals surface area contributed by atoms with Gasteiger partial charge in [0.1, 0.15) is 5.52 Å². The molecule has 0 bridgehead atoms. The van der Waals surface area contributed by atoms with Crippen molar-refractivity contribution in [1.82, 2.24) is 10.3 Å². The number of oxazole rings is 1. The first-order valence-electron chi connectivity index (χ1n) is 6.45. The van der Waals surface area contributed by atoms with Gasteiger partial charge in [-0.1, -0.05) is 0 Å². The van der Waals surface area contributed by atoms with Crippen molar-refractivity contribution in [2.45, 2.75) is 19.4 Å². The van der Waals surface area contributed by atoms with Crippen molar-refractivity contribution in [3.63, 3.8) is 0 Å². The number of fused-ring (bicyclic) bond motifs is 1. The number of aryl methyl sites for hydroxylation is 1. The summed E-state index contributed by atoms with van der Waals surface area (Å²) in [6.07, 6.45) is 0.367. The van der Waals surface area contributed by atoms with Crippen LogP contribution in [-0.2, 0) is 4.74 Å². The number of aromatic nitrogens is 1. The first-order valence-corrected chi connectivity index (χ1v) is 6.45. The van der Waals surface area contributed by atoms with E-state index in [9.17, 15) is 4.79 Å². The predicted molar refractivity (Wildman–Crippen MR) is 70.3 cm³/mol. The normalized spacial score (nSPS) is 19.7. The number of ketones is 1. The molecule has 1 aromatic heterocycles. The van der Waals surface area contributed by atoms with E-state index in [1.165, 1.54) is 0 Å². The van der Waals surface area contributed by atoms with Crippen molar-refractivity contribution >= 4 is 16.9 Å². The van der Waals surface area contributed by atoms with Crippen LogP contribution in [0.25, 0.3) is 11.1 Å². The second kappa shape index (κ2) is 5.11. The standard InChI is InChI=1S/C14H16N2O3/c1-9-16-12-6-10(2-3-14(12)19-9)13(17)7-11-8-15-4-5-18-11/h2-3,6,11,15H,4-5,7-8H2,1H3. The van der Waals surface area contributed by atoms with Gasteiger partial charge in [0, 0.05) is 32.0 Å². The monoisotopic (exact) mass is 260 g/mol. The van der Waals surface area contributed by atoms with Crippen LogP contribution in [0.1, 0.15) is 22.7 Å². The molecule has 1 saturated heterocycles. The molecule has 0 spiro atoms. The number of hydrogen-bond donors (Lipinski definition) is 1.